The minimum atomic E-state index is -1.09. The molecule has 0 bridgehead atoms. The topological polar surface area (TPSA) is 70.1 Å². The predicted octanol–water partition coefficient (Wildman–Crippen LogP) is 2.74. The second-order valence-corrected chi connectivity index (χ2v) is 7.56. The molecule has 2 aromatic rings. The van der Waals surface area contributed by atoms with E-state index >= 15 is 0 Å². The zero-order valence-corrected chi connectivity index (χ0v) is 16.0. The van der Waals surface area contributed by atoms with Gasteiger partial charge in [0.05, 0.1) is 6.61 Å². The summed E-state index contributed by atoms with van der Waals surface area (Å²) in [6.07, 6.45) is 1.05. The highest BCUT2D eigenvalue weighted by molar-refractivity contribution is 5.97. The number of carboxylic acid groups (broad SMARTS) is 1. The number of rotatable bonds is 4. The molecule has 1 spiro atoms. The van der Waals surface area contributed by atoms with E-state index in [1.54, 1.807) is 0 Å². The largest absolute Gasteiger partial charge is 0.480 e. The fraction of sp³-hybridized carbons (Fsp3) is 0.364. The van der Waals surface area contributed by atoms with Crippen LogP contribution in [0.15, 0.2) is 54.6 Å². The van der Waals surface area contributed by atoms with E-state index in [2.05, 4.69) is 17.0 Å². The summed E-state index contributed by atoms with van der Waals surface area (Å²) in [5.74, 6) is -1.98. The number of carbonyl (C=O) groups excluding carboxylic acids is 1. The molecule has 0 aromatic heterocycles. The second-order valence-electron chi connectivity index (χ2n) is 7.56. The second kappa shape index (κ2) is 7.93. The average molecular weight is 398 g/mol. The predicted molar refractivity (Wildman–Crippen MR) is 104 cm³/mol. The number of hydrogen-bond donors (Lipinski definition) is 1. The summed E-state index contributed by atoms with van der Waals surface area (Å²) in [4.78, 5) is 28.6. The Balaban J connectivity index is 1.53. The van der Waals surface area contributed by atoms with Gasteiger partial charge in [0.2, 0.25) is 0 Å². The average Bonchev–Trinajstić information content (AvgIpc) is 3.10. The van der Waals surface area contributed by atoms with Gasteiger partial charge in [-0.2, -0.15) is 0 Å². The first-order valence-corrected chi connectivity index (χ1v) is 9.71. The number of likely N-dealkylation sites (tertiary alicyclic amines) is 1. The van der Waals surface area contributed by atoms with Gasteiger partial charge in [0.15, 0.2) is 6.04 Å². The van der Waals surface area contributed by atoms with Crippen molar-refractivity contribution in [2.75, 3.05) is 19.7 Å². The first-order chi connectivity index (χ1) is 14.0. The van der Waals surface area contributed by atoms with E-state index in [4.69, 9.17) is 4.74 Å². The molecule has 6 nitrogen and oxygen atoms in total. The van der Waals surface area contributed by atoms with E-state index in [-0.39, 0.29) is 12.2 Å². The lowest BCUT2D eigenvalue weighted by molar-refractivity contribution is -0.144. The molecule has 0 radical (unpaired) electrons. The van der Waals surface area contributed by atoms with Gasteiger partial charge in [0.1, 0.15) is 11.5 Å². The number of aliphatic carboxylic acids is 1. The molecule has 2 saturated heterocycles. The first kappa shape index (κ1) is 19.5. The fourth-order valence-electron chi connectivity index (χ4n) is 4.19. The van der Waals surface area contributed by atoms with E-state index in [0.29, 0.717) is 25.9 Å². The normalized spacial score (nSPS) is 21.4. The van der Waals surface area contributed by atoms with Gasteiger partial charge >= 0.3 is 5.97 Å². The van der Waals surface area contributed by atoms with Gasteiger partial charge in [0, 0.05) is 38.0 Å². The van der Waals surface area contributed by atoms with Gasteiger partial charge in [-0.05, 0) is 29.8 Å². The Bertz CT molecular complexity index is 879. The van der Waals surface area contributed by atoms with Crippen molar-refractivity contribution in [1.82, 2.24) is 9.80 Å². The number of carboxylic acids is 1. The molecule has 7 heteroatoms. The van der Waals surface area contributed by atoms with Crippen molar-refractivity contribution in [2.45, 2.75) is 31.2 Å². The number of nitrogens with zero attached hydrogens (tertiary/aromatic N) is 2. The number of piperidine rings is 1. The van der Waals surface area contributed by atoms with Crippen molar-refractivity contribution in [3.63, 3.8) is 0 Å². The summed E-state index contributed by atoms with van der Waals surface area (Å²) in [6, 6.07) is 14.2. The Hall–Kier alpha value is -2.77. The quantitative estimate of drug-likeness (QED) is 0.858. The fourth-order valence-corrected chi connectivity index (χ4v) is 4.19. The van der Waals surface area contributed by atoms with Crippen molar-refractivity contribution >= 4 is 11.9 Å². The summed E-state index contributed by atoms with van der Waals surface area (Å²) < 4.78 is 19.2. The van der Waals surface area contributed by atoms with Crippen LogP contribution in [0.2, 0.25) is 0 Å². The van der Waals surface area contributed by atoms with Crippen LogP contribution in [0.5, 0.6) is 0 Å². The monoisotopic (exact) mass is 398 g/mol. The molecule has 29 heavy (non-hydrogen) atoms. The van der Waals surface area contributed by atoms with Crippen molar-refractivity contribution < 1.29 is 23.8 Å². The Kier molecular flexibility index (Phi) is 5.34. The molecular weight excluding hydrogens is 375 g/mol. The van der Waals surface area contributed by atoms with Gasteiger partial charge < -0.3 is 9.84 Å². The highest BCUT2D eigenvalue weighted by Crippen LogP contribution is 2.38. The standard InChI is InChI=1S/C22H23FN2O4/c23-18-8-6-17(7-9-18)20(26)25-19(21(27)28)15-29-22(25)10-12-24(13-11-22)14-16-4-2-1-3-5-16/h1-9,19H,10-15H2,(H,27,28). The lowest BCUT2D eigenvalue weighted by atomic mass is 9.96. The summed E-state index contributed by atoms with van der Waals surface area (Å²) in [5, 5.41) is 9.64. The summed E-state index contributed by atoms with van der Waals surface area (Å²) in [6.45, 7) is 2.13. The van der Waals surface area contributed by atoms with E-state index in [1.807, 2.05) is 18.2 Å². The van der Waals surface area contributed by atoms with Crippen molar-refractivity contribution in [3.8, 4) is 0 Å². The van der Waals surface area contributed by atoms with Crippen LogP contribution in [0.25, 0.3) is 0 Å². The number of halogens is 1. The van der Waals surface area contributed by atoms with Gasteiger partial charge in [-0.15, -0.1) is 0 Å². The van der Waals surface area contributed by atoms with Gasteiger partial charge in [0.25, 0.3) is 5.91 Å². The van der Waals surface area contributed by atoms with Crippen LogP contribution in [0.4, 0.5) is 4.39 Å². The molecule has 152 valence electrons. The molecule has 0 aliphatic carbocycles. The molecule has 1 N–H and O–H groups in total. The Labute approximate surface area is 168 Å². The third-order valence-electron chi connectivity index (χ3n) is 5.74. The van der Waals surface area contributed by atoms with Crippen LogP contribution < -0.4 is 0 Å². The van der Waals surface area contributed by atoms with Crippen molar-refractivity contribution in [2.24, 2.45) is 0 Å². The molecule has 2 aromatic carbocycles. The molecule has 0 saturated carbocycles. The van der Waals surface area contributed by atoms with Crippen LogP contribution in [0, 0.1) is 5.82 Å². The summed E-state index contributed by atoms with van der Waals surface area (Å²) in [5.41, 5.74) is 0.523. The van der Waals surface area contributed by atoms with Gasteiger partial charge in [-0.25, -0.2) is 9.18 Å². The Morgan fingerprint density at radius 3 is 2.34 bits per heavy atom. The van der Waals surface area contributed by atoms with Crippen LogP contribution in [0.3, 0.4) is 0 Å². The smallest absolute Gasteiger partial charge is 0.328 e. The molecule has 2 fully saturated rings. The lowest BCUT2D eigenvalue weighted by Gasteiger charge is -2.44. The number of ether oxygens (including phenoxy) is 1. The minimum absolute atomic E-state index is 0.0407. The summed E-state index contributed by atoms with van der Waals surface area (Å²) in [7, 11) is 0. The van der Waals surface area contributed by atoms with E-state index < -0.39 is 29.5 Å². The summed E-state index contributed by atoms with van der Waals surface area (Å²) >= 11 is 0. The third-order valence-corrected chi connectivity index (χ3v) is 5.74. The number of amides is 1. The zero-order valence-electron chi connectivity index (χ0n) is 16.0. The van der Waals surface area contributed by atoms with Crippen LogP contribution in [0.1, 0.15) is 28.8 Å². The van der Waals surface area contributed by atoms with Crippen LogP contribution >= 0.6 is 0 Å². The highest BCUT2D eigenvalue weighted by Gasteiger charge is 2.54. The molecule has 1 atom stereocenters. The molecule has 1 amide bonds. The number of hydrogen-bond acceptors (Lipinski definition) is 4. The molecule has 2 heterocycles. The molecule has 4 rings (SSSR count). The Morgan fingerprint density at radius 1 is 1.07 bits per heavy atom. The maximum atomic E-state index is 13.3. The minimum Gasteiger partial charge on any atom is -0.480 e. The molecule has 2 aliphatic heterocycles. The van der Waals surface area contributed by atoms with Gasteiger partial charge in [-0.1, -0.05) is 30.3 Å². The maximum absolute atomic E-state index is 13.3. The Morgan fingerprint density at radius 2 is 1.72 bits per heavy atom. The van der Waals surface area contributed by atoms with E-state index in [1.165, 1.54) is 34.7 Å². The highest BCUT2D eigenvalue weighted by atomic mass is 19.1. The van der Waals surface area contributed by atoms with E-state index in [9.17, 15) is 19.1 Å². The van der Waals surface area contributed by atoms with Gasteiger partial charge in [-0.3, -0.25) is 14.6 Å². The van der Waals surface area contributed by atoms with Crippen LogP contribution in [-0.2, 0) is 16.1 Å². The van der Waals surface area contributed by atoms with Crippen LogP contribution in [-0.4, -0.2) is 58.2 Å². The molecule has 1 unspecified atom stereocenters. The van der Waals surface area contributed by atoms with Crippen molar-refractivity contribution in [1.29, 1.82) is 0 Å². The molecule has 2 aliphatic rings. The number of benzene rings is 2. The van der Waals surface area contributed by atoms with Crippen molar-refractivity contribution in [3.05, 3.63) is 71.5 Å². The van der Waals surface area contributed by atoms with E-state index in [0.717, 1.165) is 6.54 Å². The SMILES string of the molecule is O=C(O)C1COC2(CCN(Cc3ccccc3)CC2)N1C(=O)c1ccc(F)cc1. The zero-order chi connectivity index (χ0) is 20.4. The first-order valence-electron chi connectivity index (χ1n) is 9.71. The number of carbonyl (C=O) groups is 2. The molecular formula is C22H23FN2O4. The third kappa shape index (κ3) is 3.88. The lowest BCUT2D eigenvalue weighted by Crippen LogP contribution is -2.58. The maximum Gasteiger partial charge on any atom is 0.328 e.